The number of carboxylic acid groups (broad SMARTS) is 1. The SMILES string of the molecule is CC1CCCN(C(=O)Cn2cc(C(=O)O)nn2)c2ccccc21. The number of hydrogen-bond donors (Lipinski definition) is 1. The highest BCUT2D eigenvalue weighted by molar-refractivity contribution is 5.94. The molecule has 1 amide bonds. The monoisotopic (exact) mass is 314 g/mol. The van der Waals surface area contributed by atoms with E-state index in [-0.39, 0.29) is 18.1 Å². The Bertz CT molecular complexity index is 740. The van der Waals surface area contributed by atoms with E-state index in [1.807, 2.05) is 18.2 Å². The largest absolute Gasteiger partial charge is 0.476 e. The summed E-state index contributed by atoms with van der Waals surface area (Å²) in [6.07, 6.45) is 3.24. The van der Waals surface area contributed by atoms with Crippen molar-refractivity contribution in [1.29, 1.82) is 0 Å². The van der Waals surface area contributed by atoms with E-state index in [9.17, 15) is 9.59 Å². The third-order valence-electron chi connectivity index (χ3n) is 4.13. The number of amides is 1. The Kier molecular flexibility index (Phi) is 4.10. The summed E-state index contributed by atoms with van der Waals surface area (Å²) in [5, 5.41) is 16.1. The van der Waals surface area contributed by atoms with Crippen molar-refractivity contribution in [1.82, 2.24) is 15.0 Å². The summed E-state index contributed by atoms with van der Waals surface area (Å²) in [6, 6.07) is 7.93. The molecule has 1 unspecified atom stereocenters. The van der Waals surface area contributed by atoms with Gasteiger partial charge in [0.05, 0.1) is 6.20 Å². The first-order chi connectivity index (χ1) is 11.1. The van der Waals surface area contributed by atoms with E-state index < -0.39 is 5.97 Å². The van der Waals surface area contributed by atoms with Crippen LogP contribution in [0.25, 0.3) is 0 Å². The zero-order valence-corrected chi connectivity index (χ0v) is 12.8. The van der Waals surface area contributed by atoms with Gasteiger partial charge in [-0.2, -0.15) is 0 Å². The van der Waals surface area contributed by atoms with Gasteiger partial charge in [-0.15, -0.1) is 5.10 Å². The number of aromatic nitrogens is 3. The second-order valence-corrected chi connectivity index (χ2v) is 5.75. The Morgan fingerprint density at radius 1 is 1.35 bits per heavy atom. The molecule has 0 saturated heterocycles. The quantitative estimate of drug-likeness (QED) is 0.935. The van der Waals surface area contributed by atoms with Crippen molar-refractivity contribution in [2.75, 3.05) is 11.4 Å². The predicted octanol–water partition coefficient (Wildman–Crippen LogP) is 1.91. The molecular weight excluding hydrogens is 296 g/mol. The summed E-state index contributed by atoms with van der Waals surface area (Å²) in [5.74, 6) is -0.861. The summed E-state index contributed by atoms with van der Waals surface area (Å²) in [4.78, 5) is 25.3. The van der Waals surface area contributed by atoms with Gasteiger partial charge in [-0.05, 0) is 30.4 Å². The predicted molar refractivity (Wildman–Crippen MR) is 83.4 cm³/mol. The normalized spacial score (nSPS) is 17.4. The van der Waals surface area contributed by atoms with Gasteiger partial charge in [0, 0.05) is 12.2 Å². The topological polar surface area (TPSA) is 88.3 Å². The second kappa shape index (κ2) is 6.20. The summed E-state index contributed by atoms with van der Waals surface area (Å²) in [6.45, 7) is 2.80. The number of carbonyl (C=O) groups is 2. The van der Waals surface area contributed by atoms with E-state index in [2.05, 4.69) is 23.3 Å². The Morgan fingerprint density at radius 3 is 2.87 bits per heavy atom. The number of benzene rings is 1. The van der Waals surface area contributed by atoms with Crippen LogP contribution in [0.4, 0.5) is 5.69 Å². The van der Waals surface area contributed by atoms with Crippen LogP contribution in [0, 0.1) is 0 Å². The number of nitrogens with zero attached hydrogens (tertiary/aromatic N) is 4. The van der Waals surface area contributed by atoms with Gasteiger partial charge >= 0.3 is 5.97 Å². The maximum absolute atomic E-state index is 12.7. The van der Waals surface area contributed by atoms with Crippen molar-refractivity contribution in [3.8, 4) is 0 Å². The smallest absolute Gasteiger partial charge is 0.358 e. The molecule has 0 spiro atoms. The van der Waals surface area contributed by atoms with Crippen molar-refractivity contribution in [3.63, 3.8) is 0 Å². The average molecular weight is 314 g/mol. The molecule has 0 saturated carbocycles. The minimum Gasteiger partial charge on any atom is -0.476 e. The Labute approximate surface area is 133 Å². The molecule has 7 nitrogen and oxygen atoms in total. The van der Waals surface area contributed by atoms with Crippen LogP contribution in [0.1, 0.15) is 41.7 Å². The number of rotatable bonds is 3. The number of aromatic carboxylic acids is 1. The summed E-state index contributed by atoms with van der Waals surface area (Å²) < 4.78 is 1.27. The summed E-state index contributed by atoms with van der Waals surface area (Å²) in [7, 11) is 0. The van der Waals surface area contributed by atoms with Gasteiger partial charge in [-0.25, -0.2) is 9.48 Å². The van der Waals surface area contributed by atoms with Crippen LogP contribution < -0.4 is 4.90 Å². The van der Waals surface area contributed by atoms with Crippen LogP contribution >= 0.6 is 0 Å². The van der Waals surface area contributed by atoms with Crippen LogP contribution in [0.5, 0.6) is 0 Å². The lowest BCUT2D eigenvalue weighted by Crippen LogP contribution is -2.34. The zero-order valence-electron chi connectivity index (χ0n) is 12.8. The van der Waals surface area contributed by atoms with E-state index in [1.54, 1.807) is 4.90 Å². The third kappa shape index (κ3) is 3.08. The highest BCUT2D eigenvalue weighted by Gasteiger charge is 2.24. The molecule has 0 fully saturated rings. The minimum atomic E-state index is -1.15. The van der Waals surface area contributed by atoms with Crippen LogP contribution in [-0.4, -0.2) is 38.5 Å². The first kappa shape index (κ1) is 15.2. The number of para-hydroxylation sites is 1. The first-order valence-corrected chi connectivity index (χ1v) is 7.59. The molecule has 1 atom stereocenters. The molecule has 120 valence electrons. The molecule has 3 rings (SSSR count). The molecule has 1 aliphatic heterocycles. The van der Waals surface area contributed by atoms with Crippen LogP contribution in [0.15, 0.2) is 30.5 Å². The fourth-order valence-corrected chi connectivity index (χ4v) is 2.94. The number of anilines is 1. The maximum atomic E-state index is 12.7. The standard InChI is InChI=1S/C16H18N4O3/c1-11-5-4-8-20(14-7-3-2-6-12(11)14)15(21)10-19-9-13(16(22)23)17-18-19/h2-3,6-7,9,11H,4-5,8,10H2,1H3,(H,22,23). The Morgan fingerprint density at radius 2 is 2.13 bits per heavy atom. The van der Waals surface area contributed by atoms with Gasteiger partial charge in [-0.1, -0.05) is 30.3 Å². The van der Waals surface area contributed by atoms with Crippen LogP contribution in [0.3, 0.4) is 0 Å². The number of fused-ring (bicyclic) bond motifs is 1. The fraction of sp³-hybridized carbons (Fsp3) is 0.375. The van der Waals surface area contributed by atoms with Gasteiger partial charge in [0.1, 0.15) is 6.54 Å². The molecule has 1 N–H and O–H groups in total. The van der Waals surface area contributed by atoms with Crippen LogP contribution in [-0.2, 0) is 11.3 Å². The van der Waals surface area contributed by atoms with Gasteiger partial charge in [0.25, 0.3) is 0 Å². The number of carboxylic acids is 1. The molecule has 1 aliphatic rings. The van der Waals surface area contributed by atoms with Crippen molar-refractivity contribution in [2.24, 2.45) is 0 Å². The van der Waals surface area contributed by atoms with E-state index in [0.29, 0.717) is 12.5 Å². The molecule has 2 aromatic rings. The van der Waals surface area contributed by atoms with Crippen molar-refractivity contribution in [3.05, 3.63) is 41.7 Å². The molecule has 1 aromatic heterocycles. The van der Waals surface area contributed by atoms with Gasteiger partial charge in [-0.3, -0.25) is 4.79 Å². The Hall–Kier alpha value is -2.70. The molecule has 23 heavy (non-hydrogen) atoms. The molecule has 0 bridgehead atoms. The lowest BCUT2D eigenvalue weighted by atomic mass is 9.96. The number of hydrogen-bond acceptors (Lipinski definition) is 4. The fourth-order valence-electron chi connectivity index (χ4n) is 2.94. The molecule has 2 heterocycles. The molecule has 0 aliphatic carbocycles. The highest BCUT2D eigenvalue weighted by atomic mass is 16.4. The van der Waals surface area contributed by atoms with Gasteiger partial charge in [0.2, 0.25) is 5.91 Å². The summed E-state index contributed by atoms with van der Waals surface area (Å²) >= 11 is 0. The molecule has 7 heteroatoms. The second-order valence-electron chi connectivity index (χ2n) is 5.75. The lowest BCUT2D eigenvalue weighted by Gasteiger charge is -2.23. The van der Waals surface area contributed by atoms with Crippen molar-refractivity contribution in [2.45, 2.75) is 32.2 Å². The van der Waals surface area contributed by atoms with Gasteiger partial charge < -0.3 is 10.0 Å². The van der Waals surface area contributed by atoms with Crippen molar-refractivity contribution < 1.29 is 14.7 Å². The lowest BCUT2D eigenvalue weighted by molar-refractivity contribution is -0.119. The zero-order chi connectivity index (χ0) is 16.4. The third-order valence-corrected chi connectivity index (χ3v) is 4.13. The molecular formula is C16H18N4O3. The highest BCUT2D eigenvalue weighted by Crippen LogP contribution is 2.33. The van der Waals surface area contributed by atoms with Crippen LogP contribution in [0.2, 0.25) is 0 Å². The Balaban J connectivity index is 1.83. The minimum absolute atomic E-state index is 0.0248. The van der Waals surface area contributed by atoms with Crippen molar-refractivity contribution >= 4 is 17.6 Å². The van der Waals surface area contributed by atoms with Gasteiger partial charge in [0.15, 0.2) is 5.69 Å². The maximum Gasteiger partial charge on any atom is 0.358 e. The average Bonchev–Trinajstić information content (AvgIpc) is 2.93. The van der Waals surface area contributed by atoms with E-state index >= 15 is 0 Å². The van der Waals surface area contributed by atoms with E-state index in [4.69, 9.17) is 5.11 Å². The van der Waals surface area contributed by atoms with E-state index in [0.717, 1.165) is 18.5 Å². The first-order valence-electron chi connectivity index (χ1n) is 7.59. The molecule has 0 radical (unpaired) electrons. The molecule has 1 aromatic carbocycles. The summed E-state index contributed by atoms with van der Waals surface area (Å²) in [5.41, 5.74) is 1.94. The number of carbonyl (C=O) groups excluding carboxylic acids is 1. The van der Waals surface area contributed by atoms with E-state index in [1.165, 1.54) is 16.4 Å².